The number of hydrogen-bond donors (Lipinski definition) is 1. The van der Waals surface area contributed by atoms with Crippen LogP contribution in [-0.2, 0) is 9.47 Å². The third kappa shape index (κ3) is 2.97. The fourth-order valence-corrected chi connectivity index (χ4v) is 1.74. The molecule has 0 aromatic heterocycles. The predicted molar refractivity (Wildman–Crippen MR) is 55.6 cm³/mol. The molecule has 1 aliphatic rings. The summed E-state index contributed by atoms with van der Waals surface area (Å²) in [6.07, 6.45) is 1.35. The van der Waals surface area contributed by atoms with Gasteiger partial charge in [0.25, 0.3) is 0 Å². The zero-order valence-electron chi connectivity index (χ0n) is 9.09. The Bertz CT molecular complexity index is 164. The topological polar surface area (TPSA) is 30.5 Å². The second kappa shape index (κ2) is 4.44. The highest BCUT2D eigenvalue weighted by atomic mass is 16.7. The zero-order valence-corrected chi connectivity index (χ0v) is 9.09. The van der Waals surface area contributed by atoms with E-state index in [4.69, 9.17) is 9.47 Å². The first-order chi connectivity index (χ1) is 6.09. The molecule has 0 spiro atoms. The van der Waals surface area contributed by atoms with Crippen molar-refractivity contribution in [2.75, 3.05) is 13.7 Å². The molecule has 0 saturated carbocycles. The van der Waals surface area contributed by atoms with E-state index in [1.54, 1.807) is 0 Å². The van der Waals surface area contributed by atoms with Crippen molar-refractivity contribution in [3.05, 3.63) is 0 Å². The summed E-state index contributed by atoms with van der Waals surface area (Å²) in [5.74, 6) is -0.395. The van der Waals surface area contributed by atoms with Crippen molar-refractivity contribution in [3.63, 3.8) is 0 Å². The summed E-state index contributed by atoms with van der Waals surface area (Å²) in [5.41, 5.74) is 0. The van der Waals surface area contributed by atoms with Crippen molar-refractivity contribution < 1.29 is 9.47 Å². The molecule has 0 aromatic carbocycles. The van der Waals surface area contributed by atoms with Crippen molar-refractivity contribution in [2.45, 2.75) is 44.9 Å². The lowest BCUT2D eigenvalue weighted by molar-refractivity contribution is -0.140. The maximum atomic E-state index is 5.77. The molecule has 4 heteroatoms. The third-order valence-corrected chi connectivity index (χ3v) is 2.45. The molecular weight excluding hydrogens is 165 g/mol. The van der Waals surface area contributed by atoms with Crippen LogP contribution < -0.4 is 5.32 Å². The van der Waals surface area contributed by atoms with E-state index < -0.39 is 5.79 Å². The summed E-state index contributed by atoms with van der Waals surface area (Å²) in [6.45, 7) is 6.82. The van der Waals surface area contributed by atoms with E-state index in [1.807, 2.05) is 20.9 Å². The Morgan fingerprint density at radius 1 is 1.62 bits per heavy atom. The Morgan fingerprint density at radius 2 is 2.31 bits per heavy atom. The average Bonchev–Trinajstić information content (AvgIpc) is 2.42. The minimum Gasteiger partial charge on any atom is -0.348 e. The number of likely N-dealkylation sites (N-methyl/N-ethyl adjacent to an activating group) is 1. The minimum absolute atomic E-state index is 0.208. The largest absolute Gasteiger partial charge is 0.348 e. The van der Waals surface area contributed by atoms with Crippen LogP contribution >= 0.6 is 0 Å². The first-order valence-electron chi connectivity index (χ1n) is 5.08. The molecular formula is C9H20BNO2. The lowest BCUT2D eigenvalue weighted by atomic mass is 9.73. The quantitative estimate of drug-likeness (QED) is 0.651. The van der Waals surface area contributed by atoms with Gasteiger partial charge in [-0.3, -0.25) is 0 Å². The molecule has 1 aliphatic heterocycles. The summed E-state index contributed by atoms with van der Waals surface area (Å²) in [6, 6.07) is 0.423. The van der Waals surface area contributed by atoms with Crippen LogP contribution in [0.1, 0.15) is 13.8 Å². The standard InChI is InChI=1S/C9H20BNO2/c1-9(2)12-6-8(13-9)7(11-4)5-10-3/h7-8,10-11H,5-6H2,1-4H3. The minimum atomic E-state index is -0.395. The monoisotopic (exact) mass is 185 g/mol. The van der Waals surface area contributed by atoms with E-state index in [9.17, 15) is 0 Å². The second-order valence-electron chi connectivity index (χ2n) is 4.05. The van der Waals surface area contributed by atoms with Crippen LogP contribution in [0.5, 0.6) is 0 Å². The van der Waals surface area contributed by atoms with Crippen molar-refractivity contribution >= 4 is 7.28 Å². The molecule has 2 atom stereocenters. The van der Waals surface area contributed by atoms with Gasteiger partial charge in [0.2, 0.25) is 0 Å². The fraction of sp³-hybridized carbons (Fsp3) is 1.00. The van der Waals surface area contributed by atoms with Gasteiger partial charge in [-0.15, -0.1) is 0 Å². The lowest BCUT2D eigenvalue weighted by Crippen LogP contribution is -2.40. The van der Waals surface area contributed by atoms with Gasteiger partial charge >= 0.3 is 0 Å². The van der Waals surface area contributed by atoms with Gasteiger partial charge in [-0.05, 0) is 20.9 Å². The lowest BCUT2D eigenvalue weighted by Gasteiger charge is -2.23. The first-order valence-corrected chi connectivity index (χ1v) is 5.08. The number of nitrogens with one attached hydrogen (secondary N) is 1. The molecule has 0 aliphatic carbocycles. The van der Waals surface area contributed by atoms with Gasteiger partial charge in [0.05, 0.1) is 12.7 Å². The normalized spacial score (nSPS) is 28.8. The van der Waals surface area contributed by atoms with E-state index in [-0.39, 0.29) is 6.10 Å². The van der Waals surface area contributed by atoms with Crippen LogP contribution in [0.25, 0.3) is 0 Å². The van der Waals surface area contributed by atoms with E-state index in [1.165, 1.54) is 7.28 Å². The van der Waals surface area contributed by atoms with E-state index in [2.05, 4.69) is 12.1 Å². The van der Waals surface area contributed by atoms with E-state index >= 15 is 0 Å². The Kier molecular flexibility index (Phi) is 3.77. The number of hydrogen-bond acceptors (Lipinski definition) is 3. The molecule has 2 unspecified atom stereocenters. The highest BCUT2D eigenvalue weighted by Crippen LogP contribution is 2.24. The summed E-state index contributed by atoms with van der Waals surface area (Å²) < 4.78 is 11.3. The number of rotatable bonds is 4. The van der Waals surface area contributed by atoms with Crippen LogP contribution in [0, 0.1) is 0 Å². The Hall–Kier alpha value is -0.0551. The zero-order chi connectivity index (χ0) is 9.90. The van der Waals surface area contributed by atoms with Crippen LogP contribution in [0.3, 0.4) is 0 Å². The van der Waals surface area contributed by atoms with Gasteiger partial charge < -0.3 is 14.8 Å². The molecule has 0 amide bonds. The van der Waals surface area contributed by atoms with Gasteiger partial charge in [0, 0.05) is 6.04 Å². The maximum absolute atomic E-state index is 5.77. The Labute approximate surface area is 81.4 Å². The van der Waals surface area contributed by atoms with Gasteiger partial charge in [0.15, 0.2) is 5.79 Å². The van der Waals surface area contributed by atoms with Gasteiger partial charge in [0.1, 0.15) is 7.28 Å². The molecule has 1 rings (SSSR count). The molecule has 13 heavy (non-hydrogen) atoms. The Balaban J connectivity index is 2.43. The predicted octanol–water partition coefficient (Wildman–Crippen LogP) is 0.629. The molecule has 3 nitrogen and oxygen atoms in total. The van der Waals surface area contributed by atoms with Gasteiger partial charge in [-0.1, -0.05) is 13.1 Å². The van der Waals surface area contributed by atoms with E-state index in [0.717, 1.165) is 6.32 Å². The number of ether oxygens (including phenoxy) is 2. The summed E-state index contributed by atoms with van der Waals surface area (Å²) in [7, 11) is 3.15. The molecule has 76 valence electrons. The highest BCUT2D eigenvalue weighted by Gasteiger charge is 2.36. The van der Waals surface area contributed by atoms with Crippen LogP contribution in [0.15, 0.2) is 0 Å². The van der Waals surface area contributed by atoms with Crippen LogP contribution in [0.2, 0.25) is 13.1 Å². The smallest absolute Gasteiger partial charge is 0.163 e. The molecule has 1 saturated heterocycles. The molecule has 0 bridgehead atoms. The molecule has 1 N–H and O–H groups in total. The van der Waals surface area contributed by atoms with Crippen molar-refractivity contribution in [2.24, 2.45) is 0 Å². The summed E-state index contributed by atoms with van der Waals surface area (Å²) >= 11 is 0. The highest BCUT2D eigenvalue weighted by molar-refractivity contribution is 6.33. The van der Waals surface area contributed by atoms with Crippen molar-refractivity contribution in [1.29, 1.82) is 0 Å². The van der Waals surface area contributed by atoms with Gasteiger partial charge in [-0.2, -0.15) is 0 Å². The molecule has 1 heterocycles. The molecule has 0 radical (unpaired) electrons. The summed E-state index contributed by atoms with van der Waals surface area (Å²) in [5, 5.41) is 3.28. The second-order valence-corrected chi connectivity index (χ2v) is 4.05. The molecule has 0 aromatic rings. The maximum Gasteiger partial charge on any atom is 0.163 e. The van der Waals surface area contributed by atoms with Crippen molar-refractivity contribution in [1.82, 2.24) is 5.32 Å². The summed E-state index contributed by atoms with van der Waals surface area (Å²) in [4.78, 5) is 0. The average molecular weight is 185 g/mol. The first kappa shape index (κ1) is 11.0. The van der Waals surface area contributed by atoms with Gasteiger partial charge in [-0.25, -0.2) is 0 Å². The van der Waals surface area contributed by atoms with Crippen LogP contribution in [0.4, 0.5) is 0 Å². The third-order valence-electron chi connectivity index (χ3n) is 2.45. The van der Waals surface area contributed by atoms with Crippen LogP contribution in [-0.4, -0.2) is 38.9 Å². The van der Waals surface area contributed by atoms with E-state index in [0.29, 0.717) is 12.6 Å². The Morgan fingerprint density at radius 3 is 2.69 bits per heavy atom. The SMILES string of the molecule is CBCC(NC)C1COC(C)(C)O1. The molecule has 1 fully saturated rings. The fourth-order valence-electron chi connectivity index (χ4n) is 1.74. The van der Waals surface area contributed by atoms with Crippen molar-refractivity contribution in [3.8, 4) is 0 Å².